The van der Waals surface area contributed by atoms with Gasteiger partial charge in [-0.1, -0.05) is 30.3 Å². The minimum absolute atomic E-state index is 0.116. The summed E-state index contributed by atoms with van der Waals surface area (Å²) in [4.78, 5) is 17.1. The van der Waals surface area contributed by atoms with Crippen molar-refractivity contribution in [1.29, 1.82) is 0 Å². The highest BCUT2D eigenvalue weighted by atomic mass is 16.5. The number of rotatable bonds is 8. The second kappa shape index (κ2) is 9.28. The van der Waals surface area contributed by atoms with Gasteiger partial charge < -0.3 is 19.4 Å². The van der Waals surface area contributed by atoms with Gasteiger partial charge in [0.15, 0.2) is 0 Å². The summed E-state index contributed by atoms with van der Waals surface area (Å²) in [6.07, 6.45) is 3.81. The molecule has 1 unspecified atom stereocenters. The molecule has 0 fully saturated rings. The highest BCUT2D eigenvalue weighted by Gasteiger charge is 2.23. The zero-order valence-corrected chi connectivity index (χ0v) is 17.3. The fourth-order valence-electron chi connectivity index (χ4n) is 3.21. The molecular weight excluding hydrogens is 366 g/mol. The van der Waals surface area contributed by atoms with Crippen LogP contribution in [0.15, 0.2) is 54.9 Å². The molecule has 0 aliphatic carbocycles. The highest BCUT2D eigenvalue weighted by molar-refractivity contribution is 5.77. The molecule has 0 aliphatic heterocycles. The first-order valence-electron chi connectivity index (χ1n) is 9.59. The van der Waals surface area contributed by atoms with Crippen LogP contribution in [0.25, 0.3) is 0 Å². The first-order chi connectivity index (χ1) is 14.0. The van der Waals surface area contributed by atoms with E-state index in [0.717, 1.165) is 28.3 Å². The Balaban J connectivity index is 1.72. The highest BCUT2D eigenvalue weighted by Crippen LogP contribution is 2.29. The van der Waals surface area contributed by atoms with Crippen LogP contribution in [0.5, 0.6) is 11.5 Å². The Kier molecular flexibility index (Phi) is 6.54. The lowest BCUT2D eigenvalue weighted by atomic mass is 10.0. The summed E-state index contributed by atoms with van der Waals surface area (Å²) in [6, 6.07) is 13.1. The molecule has 1 heterocycles. The molecule has 0 saturated carbocycles. The summed E-state index contributed by atoms with van der Waals surface area (Å²) in [5.74, 6) is 2.13. The standard InChI is InChI=1S/C23H27N3O3/c1-16-8-7-11-19(17(16)2)29-15-12-21(27)25-22(23-24-13-14-26(23)3)18-9-5-6-10-20(18)28-4/h5-11,13-14,22H,12,15H2,1-4H3,(H,25,27). The van der Waals surface area contributed by atoms with Crippen LogP contribution in [-0.2, 0) is 11.8 Å². The smallest absolute Gasteiger partial charge is 0.224 e. The van der Waals surface area contributed by atoms with Crippen molar-refractivity contribution in [3.05, 3.63) is 77.4 Å². The Morgan fingerprint density at radius 2 is 1.90 bits per heavy atom. The maximum absolute atomic E-state index is 12.7. The lowest BCUT2D eigenvalue weighted by Gasteiger charge is -2.21. The van der Waals surface area contributed by atoms with Crippen molar-refractivity contribution >= 4 is 5.91 Å². The van der Waals surface area contributed by atoms with E-state index in [9.17, 15) is 4.79 Å². The molecule has 1 atom stereocenters. The van der Waals surface area contributed by atoms with Crippen LogP contribution >= 0.6 is 0 Å². The lowest BCUT2D eigenvalue weighted by Crippen LogP contribution is -2.32. The largest absolute Gasteiger partial charge is 0.496 e. The van der Waals surface area contributed by atoms with Gasteiger partial charge in [0.1, 0.15) is 23.4 Å². The third-order valence-electron chi connectivity index (χ3n) is 5.01. The predicted octanol–water partition coefficient (Wildman–Crippen LogP) is 3.72. The number of nitrogens with one attached hydrogen (secondary N) is 1. The van der Waals surface area contributed by atoms with Gasteiger partial charge in [0.25, 0.3) is 0 Å². The number of hydrogen-bond donors (Lipinski definition) is 1. The van der Waals surface area contributed by atoms with Crippen LogP contribution in [0.2, 0.25) is 0 Å². The van der Waals surface area contributed by atoms with Crippen molar-refractivity contribution in [2.24, 2.45) is 7.05 Å². The normalized spacial score (nSPS) is 11.7. The molecular formula is C23H27N3O3. The molecule has 1 aromatic heterocycles. The number of imidazole rings is 1. The lowest BCUT2D eigenvalue weighted by molar-refractivity contribution is -0.122. The quantitative estimate of drug-likeness (QED) is 0.633. The van der Waals surface area contributed by atoms with Crippen molar-refractivity contribution in [1.82, 2.24) is 14.9 Å². The Bertz CT molecular complexity index is 981. The van der Waals surface area contributed by atoms with Gasteiger partial charge >= 0.3 is 0 Å². The summed E-state index contributed by atoms with van der Waals surface area (Å²) >= 11 is 0. The summed E-state index contributed by atoms with van der Waals surface area (Å²) in [6.45, 7) is 4.36. The van der Waals surface area contributed by atoms with Crippen LogP contribution in [0.4, 0.5) is 0 Å². The van der Waals surface area contributed by atoms with Crippen molar-refractivity contribution in [3.8, 4) is 11.5 Å². The van der Waals surface area contributed by atoms with Crippen molar-refractivity contribution in [3.63, 3.8) is 0 Å². The number of methoxy groups -OCH3 is 1. The number of para-hydroxylation sites is 1. The Labute approximate surface area is 171 Å². The van der Waals surface area contributed by atoms with Gasteiger partial charge in [-0.2, -0.15) is 0 Å². The first kappa shape index (κ1) is 20.5. The van der Waals surface area contributed by atoms with Gasteiger partial charge in [-0.15, -0.1) is 0 Å². The van der Waals surface area contributed by atoms with E-state index >= 15 is 0 Å². The summed E-state index contributed by atoms with van der Waals surface area (Å²) < 4.78 is 13.2. The van der Waals surface area contributed by atoms with E-state index in [0.29, 0.717) is 12.4 Å². The fourth-order valence-corrected chi connectivity index (χ4v) is 3.21. The third-order valence-corrected chi connectivity index (χ3v) is 5.01. The van der Waals surface area contributed by atoms with E-state index < -0.39 is 6.04 Å². The first-order valence-corrected chi connectivity index (χ1v) is 9.59. The SMILES string of the molecule is COc1ccccc1C(NC(=O)CCOc1cccc(C)c1C)c1nccn1C. The van der Waals surface area contributed by atoms with E-state index in [-0.39, 0.29) is 12.3 Å². The molecule has 3 rings (SSSR count). The fraction of sp³-hybridized carbons (Fsp3) is 0.304. The maximum Gasteiger partial charge on any atom is 0.224 e. The van der Waals surface area contributed by atoms with E-state index in [2.05, 4.69) is 10.3 Å². The molecule has 3 aromatic rings. The van der Waals surface area contributed by atoms with Gasteiger partial charge in [-0.05, 0) is 37.1 Å². The molecule has 6 nitrogen and oxygen atoms in total. The molecule has 0 radical (unpaired) electrons. The number of benzene rings is 2. The Morgan fingerprint density at radius 1 is 1.14 bits per heavy atom. The molecule has 0 spiro atoms. The Hall–Kier alpha value is -3.28. The minimum atomic E-state index is -0.417. The molecule has 2 aromatic carbocycles. The molecule has 152 valence electrons. The average Bonchev–Trinajstić information content (AvgIpc) is 3.15. The minimum Gasteiger partial charge on any atom is -0.496 e. The second-order valence-corrected chi connectivity index (χ2v) is 6.94. The number of ether oxygens (including phenoxy) is 2. The summed E-state index contributed by atoms with van der Waals surface area (Å²) in [7, 11) is 3.52. The Morgan fingerprint density at radius 3 is 2.62 bits per heavy atom. The number of carbonyl (C=O) groups excluding carboxylic acids is 1. The topological polar surface area (TPSA) is 65.4 Å². The molecule has 29 heavy (non-hydrogen) atoms. The molecule has 0 saturated heterocycles. The average molecular weight is 393 g/mol. The molecule has 0 aliphatic rings. The van der Waals surface area contributed by atoms with Gasteiger partial charge in [-0.3, -0.25) is 4.79 Å². The summed E-state index contributed by atoms with van der Waals surface area (Å²) in [5, 5.41) is 3.08. The number of amides is 1. The zero-order valence-electron chi connectivity index (χ0n) is 17.3. The van der Waals surface area contributed by atoms with Crippen molar-refractivity contribution in [2.45, 2.75) is 26.3 Å². The maximum atomic E-state index is 12.7. The van der Waals surface area contributed by atoms with E-state index in [1.54, 1.807) is 13.3 Å². The van der Waals surface area contributed by atoms with Crippen LogP contribution < -0.4 is 14.8 Å². The van der Waals surface area contributed by atoms with E-state index in [1.165, 1.54) is 0 Å². The van der Waals surface area contributed by atoms with Gasteiger partial charge in [0.05, 0.1) is 20.1 Å². The van der Waals surface area contributed by atoms with Gasteiger partial charge in [-0.25, -0.2) is 4.98 Å². The van der Waals surface area contributed by atoms with Crippen molar-refractivity contribution in [2.75, 3.05) is 13.7 Å². The summed E-state index contributed by atoms with van der Waals surface area (Å²) in [5.41, 5.74) is 3.11. The molecule has 1 amide bonds. The zero-order chi connectivity index (χ0) is 20.8. The molecule has 6 heteroatoms. The second-order valence-electron chi connectivity index (χ2n) is 6.94. The number of hydrogen-bond acceptors (Lipinski definition) is 4. The number of aromatic nitrogens is 2. The van der Waals surface area contributed by atoms with Crippen LogP contribution in [0.3, 0.4) is 0 Å². The van der Waals surface area contributed by atoms with Gasteiger partial charge in [0.2, 0.25) is 5.91 Å². The monoisotopic (exact) mass is 393 g/mol. The molecule has 0 bridgehead atoms. The van der Waals surface area contributed by atoms with E-state index in [1.807, 2.05) is 74.1 Å². The predicted molar refractivity (Wildman–Crippen MR) is 112 cm³/mol. The number of nitrogens with zero attached hydrogens (tertiary/aromatic N) is 2. The number of aryl methyl sites for hydroxylation is 2. The number of carbonyl (C=O) groups is 1. The van der Waals surface area contributed by atoms with Crippen LogP contribution in [0.1, 0.15) is 35.0 Å². The van der Waals surface area contributed by atoms with E-state index in [4.69, 9.17) is 9.47 Å². The van der Waals surface area contributed by atoms with Crippen LogP contribution in [-0.4, -0.2) is 29.2 Å². The molecule has 1 N–H and O–H groups in total. The third kappa shape index (κ3) is 4.77. The van der Waals surface area contributed by atoms with Crippen molar-refractivity contribution < 1.29 is 14.3 Å². The van der Waals surface area contributed by atoms with Gasteiger partial charge in [0, 0.05) is 25.0 Å². The van der Waals surface area contributed by atoms with Crippen LogP contribution in [0, 0.1) is 13.8 Å².